The van der Waals surface area contributed by atoms with Gasteiger partial charge in [0.25, 0.3) is 0 Å². The molecule has 188 valence electrons. The van der Waals surface area contributed by atoms with E-state index in [1.807, 2.05) is 48.5 Å². The Hall–Kier alpha value is -3.43. The summed E-state index contributed by atoms with van der Waals surface area (Å²) in [5.74, 6) is -2.10. The first-order valence-corrected chi connectivity index (χ1v) is 11.4. The van der Waals surface area contributed by atoms with Gasteiger partial charge in [-0.1, -0.05) is 48.5 Å². The molecule has 0 bridgehead atoms. The van der Waals surface area contributed by atoms with Gasteiger partial charge in [0.2, 0.25) is 5.91 Å². The van der Waals surface area contributed by atoms with Crippen molar-refractivity contribution in [1.29, 1.82) is 0 Å². The molecule has 2 aromatic carbocycles. The smallest absolute Gasteiger partial charge is 0.407 e. The van der Waals surface area contributed by atoms with Gasteiger partial charge in [-0.15, -0.1) is 0 Å². The maximum atomic E-state index is 12.8. The van der Waals surface area contributed by atoms with Gasteiger partial charge in [-0.2, -0.15) is 0 Å². The quantitative estimate of drug-likeness (QED) is 0.474. The Bertz CT molecular complexity index is 1020. The first kappa shape index (κ1) is 26.2. The number of ether oxygens (including phenoxy) is 3. The monoisotopic (exact) mass is 484 g/mol. The third-order valence-electron chi connectivity index (χ3n) is 5.58. The van der Waals surface area contributed by atoms with Gasteiger partial charge in [0.05, 0.1) is 18.8 Å². The van der Waals surface area contributed by atoms with E-state index in [2.05, 4.69) is 10.6 Å². The van der Waals surface area contributed by atoms with E-state index in [9.17, 15) is 19.5 Å². The molecule has 0 radical (unpaired) electrons. The Balaban J connectivity index is 1.68. The van der Waals surface area contributed by atoms with Crippen molar-refractivity contribution in [3.05, 3.63) is 59.7 Å². The number of carbonyl (C=O) groups is 3. The van der Waals surface area contributed by atoms with Gasteiger partial charge >= 0.3 is 12.1 Å². The maximum absolute atomic E-state index is 12.8. The van der Waals surface area contributed by atoms with Crippen molar-refractivity contribution in [3.63, 3.8) is 0 Å². The van der Waals surface area contributed by atoms with Crippen LogP contribution in [-0.2, 0) is 23.8 Å². The number of rotatable bonds is 10. The van der Waals surface area contributed by atoms with E-state index in [4.69, 9.17) is 14.2 Å². The first-order valence-electron chi connectivity index (χ1n) is 11.4. The lowest BCUT2D eigenvalue weighted by molar-refractivity contribution is -0.144. The lowest BCUT2D eigenvalue weighted by atomic mass is 9.98. The van der Waals surface area contributed by atoms with E-state index >= 15 is 0 Å². The zero-order valence-corrected chi connectivity index (χ0v) is 20.4. The predicted molar refractivity (Wildman–Crippen MR) is 129 cm³/mol. The topological polar surface area (TPSA) is 123 Å². The number of nitrogens with one attached hydrogen (secondary N) is 2. The minimum absolute atomic E-state index is 0.0791. The molecule has 1 aliphatic carbocycles. The highest BCUT2D eigenvalue weighted by molar-refractivity contribution is 5.89. The lowest BCUT2D eigenvalue weighted by Gasteiger charge is -2.25. The number of hydrogen-bond donors (Lipinski definition) is 3. The van der Waals surface area contributed by atoms with E-state index in [-0.39, 0.29) is 25.7 Å². The van der Waals surface area contributed by atoms with Gasteiger partial charge in [-0.05, 0) is 43.0 Å². The summed E-state index contributed by atoms with van der Waals surface area (Å²) in [5.41, 5.74) is 3.75. The molecular formula is C26H32N2O7. The van der Waals surface area contributed by atoms with Crippen LogP contribution in [0.1, 0.15) is 37.8 Å². The fourth-order valence-corrected chi connectivity index (χ4v) is 3.91. The normalized spacial score (nSPS) is 14.4. The highest BCUT2D eigenvalue weighted by atomic mass is 16.5. The molecule has 3 rings (SSSR count). The Morgan fingerprint density at radius 3 is 2.00 bits per heavy atom. The highest BCUT2D eigenvalue weighted by Crippen LogP contribution is 2.44. The second-order valence-corrected chi connectivity index (χ2v) is 9.30. The molecule has 0 fully saturated rings. The summed E-state index contributed by atoms with van der Waals surface area (Å²) in [6, 6.07) is 13.5. The molecule has 0 spiro atoms. The van der Waals surface area contributed by atoms with Crippen LogP contribution in [0.4, 0.5) is 4.79 Å². The molecule has 1 aliphatic rings. The molecule has 9 nitrogen and oxygen atoms in total. The van der Waals surface area contributed by atoms with E-state index in [1.54, 1.807) is 20.8 Å². The van der Waals surface area contributed by atoms with Gasteiger partial charge < -0.3 is 30.0 Å². The molecule has 3 N–H and O–H groups in total. The van der Waals surface area contributed by atoms with Crippen LogP contribution in [0.3, 0.4) is 0 Å². The molecule has 0 heterocycles. The number of carbonyl (C=O) groups excluding carboxylic acids is 2. The van der Waals surface area contributed by atoms with Gasteiger partial charge in [-0.3, -0.25) is 4.79 Å². The summed E-state index contributed by atoms with van der Waals surface area (Å²) in [4.78, 5) is 36.9. The van der Waals surface area contributed by atoms with E-state index in [0.29, 0.717) is 0 Å². The van der Waals surface area contributed by atoms with E-state index in [1.165, 1.54) is 7.11 Å². The third-order valence-corrected chi connectivity index (χ3v) is 5.58. The zero-order valence-electron chi connectivity index (χ0n) is 20.4. The summed E-state index contributed by atoms with van der Waals surface area (Å²) < 4.78 is 16.1. The molecule has 2 amide bonds. The van der Waals surface area contributed by atoms with E-state index in [0.717, 1.165) is 22.3 Å². The molecule has 9 heteroatoms. The average Bonchev–Trinajstić information content (AvgIpc) is 3.13. The average molecular weight is 485 g/mol. The Kier molecular flexibility index (Phi) is 8.48. The number of carboxylic acids is 1. The van der Waals surface area contributed by atoms with Crippen molar-refractivity contribution >= 4 is 18.0 Å². The Morgan fingerprint density at radius 1 is 0.914 bits per heavy atom. The minimum atomic E-state index is -1.27. The van der Waals surface area contributed by atoms with Gasteiger partial charge in [-0.25, -0.2) is 9.59 Å². The van der Waals surface area contributed by atoms with Crippen molar-refractivity contribution < 1.29 is 33.7 Å². The van der Waals surface area contributed by atoms with Crippen LogP contribution in [0.25, 0.3) is 11.1 Å². The summed E-state index contributed by atoms with van der Waals surface area (Å²) in [6.45, 7) is 5.11. The van der Waals surface area contributed by atoms with Crippen LogP contribution in [0.2, 0.25) is 0 Å². The lowest BCUT2D eigenvalue weighted by Crippen LogP contribution is -2.55. The Labute approximate surface area is 204 Å². The molecule has 0 unspecified atom stereocenters. The van der Waals surface area contributed by atoms with Crippen molar-refractivity contribution in [2.24, 2.45) is 0 Å². The molecule has 35 heavy (non-hydrogen) atoms. The Morgan fingerprint density at radius 2 is 1.49 bits per heavy atom. The van der Waals surface area contributed by atoms with Gasteiger partial charge in [0, 0.05) is 13.0 Å². The molecule has 0 saturated carbocycles. The van der Waals surface area contributed by atoms with E-state index < -0.39 is 35.7 Å². The molecule has 2 aromatic rings. The molecule has 0 saturated heterocycles. The molecule has 0 aromatic heterocycles. The number of fused-ring (bicyclic) bond motifs is 3. The number of hydrogen-bond acceptors (Lipinski definition) is 6. The number of benzene rings is 2. The van der Waals surface area contributed by atoms with Crippen LogP contribution in [0.15, 0.2) is 48.5 Å². The summed E-state index contributed by atoms with van der Waals surface area (Å²) in [5, 5.41) is 14.2. The number of aliphatic carboxylic acids is 1. The number of amides is 2. The second kappa shape index (κ2) is 11.3. The zero-order chi connectivity index (χ0) is 25.6. The fourth-order valence-electron chi connectivity index (χ4n) is 3.91. The van der Waals surface area contributed by atoms with Crippen LogP contribution >= 0.6 is 0 Å². The SMILES string of the molecule is COC[C@H](NC(=O)[C@H](COC(C)(C)C)NC(=O)OCC1c2ccccc2-c2ccccc21)C(=O)O. The van der Waals surface area contributed by atoms with Gasteiger partial charge in [0.15, 0.2) is 6.04 Å². The largest absolute Gasteiger partial charge is 0.480 e. The fraction of sp³-hybridized carbons (Fsp3) is 0.423. The van der Waals surface area contributed by atoms with Crippen molar-refractivity contribution in [2.45, 2.75) is 44.4 Å². The maximum Gasteiger partial charge on any atom is 0.407 e. The van der Waals surface area contributed by atoms with Crippen LogP contribution in [0.5, 0.6) is 0 Å². The summed E-state index contributed by atoms with van der Waals surface area (Å²) in [6.07, 6.45) is -0.803. The first-order chi connectivity index (χ1) is 16.6. The molecule has 0 aliphatic heterocycles. The predicted octanol–water partition coefficient (Wildman–Crippen LogP) is 2.92. The minimum Gasteiger partial charge on any atom is -0.480 e. The van der Waals surface area contributed by atoms with Crippen LogP contribution in [0, 0.1) is 0 Å². The summed E-state index contributed by atoms with van der Waals surface area (Å²) in [7, 11) is 1.33. The van der Waals surface area contributed by atoms with Gasteiger partial charge in [0.1, 0.15) is 12.6 Å². The third kappa shape index (κ3) is 6.80. The molecule has 2 atom stereocenters. The standard InChI is InChI=1S/C26H32N2O7/c1-26(2,3)35-15-21(23(29)27-22(14-33-4)24(30)31)28-25(32)34-13-20-18-11-7-5-9-16(18)17-10-6-8-12-19(17)20/h5-12,20-22H,13-15H2,1-4H3,(H,27,29)(H,28,32)(H,30,31)/t21-,22-/m0/s1. The van der Waals surface area contributed by atoms with Crippen LogP contribution < -0.4 is 10.6 Å². The van der Waals surface area contributed by atoms with Crippen molar-refractivity contribution in [1.82, 2.24) is 10.6 Å². The number of carboxylic acid groups (broad SMARTS) is 1. The van der Waals surface area contributed by atoms with Crippen LogP contribution in [-0.4, -0.2) is 67.7 Å². The number of alkyl carbamates (subject to hydrolysis) is 1. The van der Waals surface area contributed by atoms with Crippen molar-refractivity contribution in [3.8, 4) is 11.1 Å². The number of methoxy groups -OCH3 is 1. The van der Waals surface area contributed by atoms with Crippen molar-refractivity contribution in [2.75, 3.05) is 26.9 Å². The summed E-state index contributed by atoms with van der Waals surface area (Å²) >= 11 is 0. The second-order valence-electron chi connectivity index (χ2n) is 9.30. The highest BCUT2D eigenvalue weighted by Gasteiger charge is 2.31. The molecular weight excluding hydrogens is 452 g/mol.